The number of hydrogen-bond donors (Lipinski definition) is 1. The summed E-state index contributed by atoms with van der Waals surface area (Å²) < 4.78 is 0. The van der Waals surface area contributed by atoms with E-state index in [9.17, 15) is 5.11 Å². The predicted molar refractivity (Wildman–Crippen MR) is 96.8 cm³/mol. The van der Waals surface area contributed by atoms with Crippen LogP contribution in [0.2, 0.25) is 0 Å². The lowest BCUT2D eigenvalue weighted by molar-refractivity contribution is 0.453. The molecule has 0 saturated heterocycles. The maximum Gasteiger partial charge on any atom is 0.132 e. The van der Waals surface area contributed by atoms with Gasteiger partial charge in [0, 0.05) is 10.5 Å². The molecule has 2 aromatic rings. The third-order valence-electron chi connectivity index (χ3n) is 4.39. The summed E-state index contributed by atoms with van der Waals surface area (Å²) in [6.07, 6.45) is 0. The van der Waals surface area contributed by atoms with Gasteiger partial charge in [0.25, 0.3) is 0 Å². The van der Waals surface area contributed by atoms with Gasteiger partial charge in [-0.3, -0.25) is 0 Å². The third-order valence-corrected chi connectivity index (χ3v) is 8.28. The fourth-order valence-electron chi connectivity index (χ4n) is 3.07. The molecule has 0 bridgehead atoms. The summed E-state index contributed by atoms with van der Waals surface area (Å²) in [5.41, 5.74) is 1.07. The Morgan fingerprint density at radius 2 is 1.81 bits per heavy atom. The van der Waals surface area contributed by atoms with Crippen molar-refractivity contribution >= 4 is 20.8 Å². The molecule has 0 fully saturated rings. The zero-order valence-corrected chi connectivity index (χ0v) is 14.3. The van der Waals surface area contributed by atoms with Crippen LogP contribution < -0.4 is 0 Å². The topological polar surface area (TPSA) is 20.2 Å². The Hall–Kier alpha value is -1.41. The maximum atomic E-state index is 11.0. The first-order chi connectivity index (χ1) is 10.0. The van der Waals surface area contributed by atoms with Crippen LogP contribution in [0, 0.1) is 0 Å². The first-order valence-electron chi connectivity index (χ1n) is 7.66. The Morgan fingerprint density at radius 3 is 2.33 bits per heavy atom. The van der Waals surface area contributed by atoms with Crippen LogP contribution >= 0.6 is 10.0 Å². The highest BCUT2D eigenvalue weighted by molar-refractivity contribution is 8.36. The largest absolute Gasteiger partial charge is 0.507 e. The van der Waals surface area contributed by atoms with E-state index >= 15 is 0 Å². The van der Waals surface area contributed by atoms with Crippen molar-refractivity contribution < 1.29 is 5.11 Å². The van der Waals surface area contributed by atoms with E-state index < -0.39 is 10.0 Å². The van der Waals surface area contributed by atoms with E-state index in [2.05, 4.69) is 63.9 Å². The van der Waals surface area contributed by atoms with E-state index in [1.807, 2.05) is 6.07 Å². The molecule has 2 rings (SSSR count). The van der Waals surface area contributed by atoms with Gasteiger partial charge in [0.15, 0.2) is 0 Å². The number of rotatable bonds is 5. The number of benzene rings is 2. The molecule has 0 aliphatic heterocycles. The first kappa shape index (κ1) is 16.0. The molecule has 0 spiro atoms. The lowest BCUT2D eigenvalue weighted by atomic mass is 9.95. The van der Waals surface area contributed by atoms with Crippen LogP contribution in [-0.2, 0) is 0 Å². The minimum absolute atomic E-state index is 0.297. The van der Waals surface area contributed by atoms with Gasteiger partial charge >= 0.3 is 0 Å². The molecule has 0 atom stereocenters. The smallest absolute Gasteiger partial charge is 0.132 e. The van der Waals surface area contributed by atoms with Crippen molar-refractivity contribution in [3.05, 3.63) is 47.9 Å². The summed E-state index contributed by atoms with van der Waals surface area (Å²) in [6.45, 7) is 12.8. The number of phenols is 1. The molecular weight excluding hydrogens is 276 g/mol. The Bertz CT molecular complexity index is 654. The second-order valence-electron chi connectivity index (χ2n) is 5.70. The van der Waals surface area contributed by atoms with Gasteiger partial charge < -0.3 is 5.11 Å². The first-order valence-corrected chi connectivity index (χ1v) is 9.70. The van der Waals surface area contributed by atoms with Gasteiger partial charge in [-0.15, -0.1) is 0 Å². The number of hydrogen-bond acceptors (Lipinski definition) is 1. The highest BCUT2D eigenvalue weighted by Gasteiger charge is 2.26. The molecule has 0 amide bonds. The van der Waals surface area contributed by atoms with Gasteiger partial charge in [-0.25, -0.2) is 0 Å². The van der Waals surface area contributed by atoms with Gasteiger partial charge in [-0.05, 0) is 39.7 Å². The van der Waals surface area contributed by atoms with Crippen molar-refractivity contribution in [2.45, 2.75) is 38.5 Å². The van der Waals surface area contributed by atoms with Crippen molar-refractivity contribution in [3.8, 4) is 5.75 Å². The molecule has 0 heterocycles. The van der Waals surface area contributed by atoms with Crippen molar-refractivity contribution in [3.63, 3.8) is 0 Å². The van der Waals surface area contributed by atoms with Crippen LogP contribution in [0.3, 0.4) is 0 Å². The Labute approximate surface area is 130 Å². The normalized spacial score (nSPS) is 12.8. The molecule has 0 radical (unpaired) electrons. The van der Waals surface area contributed by atoms with E-state index in [1.54, 1.807) is 0 Å². The van der Waals surface area contributed by atoms with Gasteiger partial charge in [0.2, 0.25) is 0 Å². The highest BCUT2D eigenvalue weighted by Crippen LogP contribution is 2.61. The Morgan fingerprint density at radius 1 is 1.19 bits per heavy atom. The fraction of sp³-hybridized carbons (Fsp3) is 0.368. The molecule has 2 aromatic carbocycles. The summed E-state index contributed by atoms with van der Waals surface area (Å²) in [7, 11) is -1.15. The zero-order chi connectivity index (χ0) is 15.6. The lowest BCUT2D eigenvalue weighted by Gasteiger charge is -2.36. The quantitative estimate of drug-likeness (QED) is 0.716. The highest BCUT2D eigenvalue weighted by atomic mass is 32.3. The van der Waals surface area contributed by atoms with Gasteiger partial charge in [0.1, 0.15) is 5.75 Å². The molecule has 1 nitrogen and oxygen atoms in total. The SMILES string of the molecule is C=CS(CC)(CC)c1cc2ccccc2c(C(C)C)c1O. The van der Waals surface area contributed by atoms with Crippen LogP contribution in [0.25, 0.3) is 10.8 Å². The van der Waals surface area contributed by atoms with Crippen molar-refractivity contribution in [2.75, 3.05) is 11.5 Å². The van der Waals surface area contributed by atoms with E-state index in [1.165, 1.54) is 10.8 Å². The maximum absolute atomic E-state index is 11.0. The molecule has 0 aliphatic rings. The van der Waals surface area contributed by atoms with E-state index in [4.69, 9.17) is 0 Å². The average Bonchev–Trinajstić information content (AvgIpc) is 2.49. The molecule has 0 aromatic heterocycles. The number of fused-ring (bicyclic) bond motifs is 1. The third kappa shape index (κ3) is 2.57. The van der Waals surface area contributed by atoms with Gasteiger partial charge in [0.05, 0.1) is 0 Å². The Kier molecular flexibility index (Phi) is 4.67. The lowest BCUT2D eigenvalue weighted by Crippen LogP contribution is -2.05. The van der Waals surface area contributed by atoms with Crippen LogP contribution in [0.4, 0.5) is 0 Å². The van der Waals surface area contributed by atoms with Crippen molar-refractivity contribution in [1.29, 1.82) is 0 Å². The second-order valence-corrected chi connectivity index (χ2v) is 9.52. The molecule has 114 valence electrons. The van der Waals surface area contributed by atoms with Gasteiger partial charge in [-0.1, -0.05) is 58.5 Å². The zero-order valence-electron chi connectivity index (χ0n) is 13.5. The van der Waals surface area contributed by atoms with Crippen molar-refractivity contribution in [1.82, 2.24) is 0 Å². The van der Waals surface area contributed by atoms with E-state index in [-0.39, 0.29) is 0 Å². The summed E-state index contributed by atoms with van der Waals surface area (Å²) in [5, 5.41) is 15.4. The minimum atomic E-state index is -1.15. The van der Waals surface area contributed by atoms with Crippen LogP contribution in [0.15, 0.2) is 47.2 Å². The van der Waals surface area contributed by atoms with Crippen molar-refractivity contribution in [2.24, 2.45) is 0 Å². The van der Waals surface area contributed by atoms with Gasteiger partial charge in [-0.2, -0.15) is 10.0 Å². The second kappa shape index (κ2) is 6.15. The molecule has 0 aliphatic carbocycles. The number of phenolic OH excluding ortho intramolecular Hbond substituents is 1. The summed E-state index contributed by atoms with van der Waals surface area (Å²) >= 11 is 0. The van der Waals surface area contributed by atoms with Crippen LogP contribution in [-0.4, -0.2) is 16.6 Å². The monoisotopic (exact) mass is 302 g/mol. The van der Waals surface area contributed by atoms with E-state index in [0.717, 1.165) is 22.0 Å². The summed E-state index contributed by atoms with van der Waals surface area (Å²) in [5.74, 6) is 2.83. The van der Waals surface area contributed by atoms with E-state index in [0.29, 0.717) is 11.7 Å². The molecule has 1 N–H and O–H groups in total. The van der Waals surface area contributed by atoms with Crippen LogP contribution in [0.1, 0.15) is 39.2 Å². The average molecular weight is 302 g/mol. The number of aromatic hydroxyl groups is 1. The standard InChI is InChI=1S/C19H26OS/c1-6-21(7-2,8-3)17-13-15-11-9-10-12-16(15)18(14(4)5)19(17)20/h6,9-14,20H,1,7-8H2,2-5H3. The van der Waals surface area contributed by atoms with Crippen LogP contribution in [0.5, 0.6) is 5.75 Å². The molecule has 2 heteroatoms. The molecule has 0 saturated carbocycles. The summed E-state index contributed by atoms with van der Waals surface area (Å²) in [6, 6.07) is 10.5. The molecule has 0 unspecified atom stereocenters. The minimum Gasteiger partial charge on any atom is -0.507 e. The predicted octanol–water partition coefficient (Wildman–Crippen LogP) is 6.02. The fourth-order valence-corrected chi connectivity index (χ4v) is 5.61. The molecular formula is C19H26OS. The summed E-state index contributed by atoms with van der Waals surface area (Å²) in [4.78, 5) is 1.10. The molecule has 21 heavy (non-hydrogen) atoms. The Balaban J connectivity index is 2.88.